The number of pyridine rings is 1. The Labute approximate surface area is 154 Å². The SMILES string of the molecule is [CH2-]c1cc2c(cc1-c1ccccn1)C(C)(C)C(C)(C)C2(C)C.[Ir]. The van der Waals surface area contributed by atoms with Crippen LogP contribution in [-0.2, 0) is 30.9 Å². The number of benzene rings is 1. The van der Waals surface area contributed by atoms with E-state index in [0.717, 1.165) is 16.8 Å². The van der Waals surface area contributed by atoms with Gasteiger partial charge in [0.25, 0.3) is 0 Å². The second-order valence-corrected chi connectivity index (χ2v) is 8.14. The molecule has 2 heteroatoms. The fourth-order valence-corrected chi connectivity index (χ4v) is 3.89. The molecule has 0 spiro atoms. The molecule has 0 N–H and O–H groups in total. The van der Waals surface area contributed by atoms with Gasteiger partial charge in [0, 0.05) is 32.0 Å². The Bertz CT molecular complexity index is 727. The Morgan fingerprint density at radius 2 is 1.43 bits per heavy atom. The van der Waals surface area contributed by atoms with E-state index < -0.39 is 0 Å². The minimum Gasteiger partial charge on any atom is -0.270 e. The van der Waals surface area contributed by atoms with Crippen LogP contribution in [0.4, 0.5) is 0 Å². The van der Waals surface area contributed by atoms with Crippen molar-refractivity contribution in [2.45, 2.75) is 52.4 Å². The van der Waals surface area contributed by atoms with E-state index in [1.807, 2.05) is 18.3 Å². The molecule has 1 radical (unpaired) electrons. The summed E-state index contributed by atoms with van der Waals surface area (Å²) in [6.45, 7) is 18.5. The molecule has 0 bridgehead atoms. The van der Waals surface area contributed by atoms with E-state index in [-0.39, 0.29) is 36.4 Å². The largest absolute Gasteiger partial charge is 0.270 e. The summed E-state index contributed by atoms with van der Waals surface area (Å²) < 4.78 is 0. The molecule has 0 atom stereocenters. The van der Waals surface area contributed by atoms with E-state index in [0.29, 0.717) is 0 Å². The van der Waals surface area contributed by atoms with Gasteiger partial charge in [-0.3, -0.25) is 4.98 Å². The third-order valence-corrected chi connectivity index (χ3v) is 6.66. The molecule has 2 aromatic rings. The van der Waals surface area contributed by atoms with Gasteiger partial charge in [-0.25, -0.2) is 0 Å². The van der Waals surface area contributed by atoms with Crippen molar-refractivity contribution in [2.75, 3.05) is 0 Å². The molecule has 0 saturated heterocycles. The number of hydrogen-bond acceptors (Lipinski definition) is 1. The first kappa shape index (κ1) is 18.2. The van der Waals surface area contributed by atoms with Crippen LogP contribution in [-0.4, -0.2) is 4.98 Å². The summed E-state index contributed by atoms with van der Waals surface area (Å²) in [6, 6.07) is 10.7. The predicted octanol–water partition coefficient (Wildman–Crippen LogP) is 5.52. The van der Waals surface area contributed by atoms with E-state index >= 15 is 0 Å². The second-order valence-electron chi connectivity index (χ2n) is 8.14. The maximum absolute atomic E-state index is 4.52. The van der Waals surface area contributed by atoms with Crippen molar-refractivity contribution in [3.8, 4) is 11.3 Å². The fraction of sp³-hybridized carbons (Fsp3) is 0.429. The van der Waals surface area contributed by atoms with Crippen LogP contribution >= 0.6 is 0 Å². The van der Waals surface area contributed by atoms with Gasteiger partial charge in [0.1, 0.15) is 0 Å². The van der Waals surface area contributed by atoms with Crippen molar-refractivity contribution < 1.29 is 20.1 Å². The minimum absolute atomic E-state index is 0. The van der Waals surface area contributed by atoms with E-state index in [4.69, 9.17) is 0 Å². The van der Waals surface area contributed by atoms with Crippen LogP contribution in [0.1, 0.15) is 58.2 Å². The van der Waals surface area contributed by atoms with Gasteiger partial charge in [-0.1, -0.05) is 58.7 Å². The summed E-state index contributed by atoms with van der Waals surface area (Å²) in [5.41, 5.74) is 6.53. The van der Waals surface area contributed by atoms with Gasteiger partial charge in [-0.15, -0.1) is 11.6 Å². The Morgan fingerprint density at radius 1 is 0.870 bits per heavy atom. The standard InChI is InChI=1S/C21H26N.Ir/c1-14-12-16-17(13-15(14)18-10-8-9-11-22-18)20(4,5)21(6,7)19(16,2)3;/h8-13H,1H2,2-7H3;/q-1;. The van der Waals surface area contributed by atoms with Crippen LogP contribution in [0.15, 0.2) is 36.5 Å². The van der Waals surface area contributed by atoms with Crippen LogP contribution in [0.2, 0.25) is 0 Å². The molecule has 23 heavy (non-hydrogen) atoms. The molecule has 125 valence electrons. The number of hydrogen-bond donors (Lipinski definition) is 0. The summed E-state index contributed by atoms with van der Waals surface area (Å²) in [5.74, 6) is 0. The molecule has 0 fully saturated rings. The van der Waals surface area contributed by atoms with E-state index in [1.54, 1.807) is 0 Å². The fourth-order valence-electron chi connectivity index (χ4n) is 3.89. The second kappa shape index (κ2) is 5.46. The monoisotopic (exact) mass is 485 g/mol. The van der Waals surface area contributed by atoms with Gasteiger partial charge in [0.05, 0.1) is 0 Å². The molecule has 0 saturated carbocycles. The molecular weight excluding hydrogens is 458 g/mol. The van der Waals surface area contributed by atoms with Crippen LogP contribution in [0, 0.1) is 12.3 Å². The van der Waals surface area contributed by atoms with Crippen molar-refractivity contribution in [3.63, 3.8) is 0 Å². The number of nitrogens with zero attached hydrogens (tertiary/aromatic N) is 1. The molecule has 1 aromatic heterocycles. The smallest absolute Gasteiger partial charge is 0.0262 e. The molecule has 3 rings (SSSR count). The molecule has 1 aliphatic rings. The van der Waals surface area contributed by atoms with Crippen LogP contribution in [0.3, 0.4) is 0 Å². The number of rotatable bonds is 1. The number of aromatic nitrogens is 1. The molecule has 0 unspecified atom stereocenters. The third kappa shape index (κ3) is 2.30. The van der Waals surface area contributed by atoms with Crippen LogP contribution in [0.5, 0.6) is 0 Å². The molecule has 0 aliphatic heterocycles. The predicted molar refractivity (Wildman–Crippen MR) is 94.0 cm³/mol. The molecule has 1 aliphatic carbocycles. The average molecular weight is 485 g/mol. The summed E-state index contributed by atoms with van der Waals surface area (Å²) >= 11 is 0. The molecule has 1 heterocycles. The summed E-state index contributed by atoms with van der Waals surface area (Å²) in [5, 5.41) is 0. The molecule has 0 amide bonds. The van der Waals surface area contributed by atoms with E-state index in [9.17, 15) is 0 Å². The zero-order valence-corrected chi connectivity index (χ0v) is 17.3. The normalized spacial score (nSPS) is 19.7. The Balaban J connectivity index is 0.00000192. The zero-order valence-electron chi connectivity index (χ0n) is 15.0. The van der Waals surface area contributed by atoms with Crippen molar-refractivity contribution in [2.24, 2.45) is 5.41 Å². The van der Waals surface area contributed by atoms with Gasteiger partial charge in [-0.2, -0.15) is 18.6 Å². The van der Waals surface area contributed by atoms with Gasteiger partial charge in [0.15, 0.2) is 0 Å². The maximum Gasteiger partial charge on any atom is 0.0262 e. The third-order valence-electron chi connectivity index (χ3n) is 6.66. The number of fused-ring (bicyclic) bond motifs is 1. The quantitative estimate of drug-likeness (QED) is 0.486. The van der Waals surface area contributed by atoms with Crippen molar-refractivity contribution in [1.82, 2.24) is 4.98 Å². The molecule has 1 nitrogen and oxygen atoms in total. The van der Waals surface area contributed by atoms with Crippen LogP contribution < -0.4 is 0 Å². The molecular formula is C21H26IrN-. The van der Waals surface area contributed by atoms with Gasteiger partial charge >= 0.3 is 0 Å². The van der Waals surface area contributed by atoms with Gasteiger partial charge in [0.2, 0.25) is 0 Å². The Kier molecular flexibility index (Phi) is 4.33. The van der Waals surface area contributed by atoms with E-state index in [1.165, 1.54) is 11.1 Å². The van der Waals surface area contributed by atoms with Gasteiger partial charge in [-0.05, 0) is 28.4 Å². The Hall–Kier alpha value is -1.11. The minimum atomic E-state index is 0. The van der Waals surface area contributed by atoms with Gasteiger partial charge < -0.3 is 0 Å². The Morgan fingerprint density at radius 3 is 1.96 bits per heavy atom. The molecule has 1 aromatic carbocycles. The summed E-state index contributed by atoms with van der Waals surface area (Å²) in [6.07, 6.45) is 1.85. The first-order valence-corrected chi connectivity index (χ1v) is 8.03. The maximum atomic E-state index is 4.52. The average Bonchev–Trinajstić information content (AvgIpc) is 2.55. The topological polar surface area (TPSA) is 12.9 Å². The van der Waals surface area contributed by atoms with Crippen molar-refractivity contribution >= 4 is 0 Å². The van der Waals surface area contributed by atoms with Crippen molar-refractivity contribution in [1.29, 1.82) is 0 Å². The van der Waals surface area contributed by atoms with E-state index in [2.05, 4.69) is 71.6 Å². The zero-order chi connectivity index (χ0) is 16.3. The van der Waals surface area contributed by atoms with Crippen molar-refractivity contribution in [3.05, 3.63) is 60.1 Å². The first-order valence-electron chi connectivity index (χ1n) is 8.03. The summed E-state index contributed by atoms with van der Waals surface area (Å²) in [7, 11) is 0. The van der Waals surface area contributed by atoms with Crippen LogP contribution in [0.25, 0.3) is 11.3 Å². The summed E-state index contributed by atoms with van der Waals surface area (Å²) in [4.78, 5) is 4.52. The first-order chi connectivity index (χ1) is 10.1.